The van der Waals surface area contributed by atoms with Crippen molar-refractivity contribution in [3.63, 3.8) is 0 Å². The van der Waals surface area contributed by atoms with E-state index in [0.29, 0.717) is 5.56 Å². The number of hydrogen-bond donors (Lipinski definition) is 0. The second-order valence-corrected chi connectivity index (χ2v) is 3.60. The highest BCUT2D eigenvalue weighted by Crippen LogP contribution is 2.29. The summed E-state index contributed by atoms with van der Waals surface area (Å²) in [6, 6.07) is 8.04. The third-order valence-corrected chi connectivity index (χ3v) is 2.25. The summed E-state index contributed by atoms with van der Waals surface area (Å²) in [4.78, 5) is 11.4. The molecule has 0 aliphatic rings. The van der Waals surface area contributed by atoms with Crippen LogP contribution in [0.3, 0.4) is 0 Å². The van der Waals surface area contributed by atoms with Crippen molar-refractivity contribution in [2.45, 2.75) is 19.2 Å². The molecule has 0 unspecified atom stereocenters. The Morgan fingerprint density at radius 3 is 2.27 bits per heavy atom. The minimum atomic E-state index is -4.92. The highest BCUT2D eigenvalue weighted by Gasteiger charge is 2.32. The monoisotopic (exact) mass is 215 g/mol. The largest absolute Gasteiger partial charge is 0.481 e. The molecule has 1 aromatic rings. The van der Waals surface area contributed by atoms with E-state index in [1.54, 1.807) is 18.2 Å². The molecule has 0 spiro atoms. The van der Waals surface area contributed by atoms with Gasteiger partial charge in [0.2, 0.25) is 0 Å². The van der Waals surface area contributed by atoms with E-state index >= 15 is 0 Å². The molecule has 0 fully saturated rings. The van der Waals surface area contributed by atoms with Crippen molar-refractivity contribution >= 4 is 12.8 Å². The predicted molar refractivity (Wildman–Crippen MR) is 53.9 cm³/mol. The summed E-state index contributed by atoms with van der Waals surface area (Å²) in [5.74, 6) is -1.99. The maximum atomic E-state index is 12.2. The number of rotatable bonds is 4. The number of Topliss-reactive ketones (excluding diaryl/α,β-unsaturated/α-hetero) is 1. The Labute approximate surface area is 86.4 Å². The Bertz CT molecular complexity index is 334. The van der Waals surface area contributed by atoms with Crippen molar-refractivity contribution in [3.05, 3.63) is 35.9 Å². The van der Waals surface area contributed by atoms with Gasteiger partial charge in [0.05, 0.1) is 0 Å². The first kappa shape index (κ1) is 11.8. The van der Waals surface area contributed by atoms with Gasteiger partial charge in [-0.1, -0.05) is 43.1 Å². The van der Waals surface area contributed by atoms with E-state index in [2.05, 4.69) is 0 Å². The van der Waals surface area contributed by atoms with Crippen LogP contribution in [0.15, 0.2) is 30.3 Å². The second-order valence-electron chi connectivity index (χ2n) is 3.60. The quantitative estimate of drug-likeness (QED) is 0.554. The summed E-state index contributed by atoms with van der Waals surface area (Å²) in [6.07, 6.45) is -0.465. The van der Waals surface area contributed by atoms with Gasteiger partial charge in [-0.15, -0.1) is 0 Å². The van der Waals surface area contributed by atoms with Crippen LogP contribution in [0, 0.1) is 0 Å². The minimum absolute atomic E-state index is 0.337. The zero-order valence-electron chi connectivity index (χ0n) is 8.29. The van der Waals surface area contributed by atoms with Gasteiger partial charge in [0, 0.05) is 5.56 Å². The fourth-order valence-electron chi connectivity index (χ4n) is 1.17. The normalized spacial score (nSPS) is 13.6. The molecular weight excluding hydrogens is 204 g/mol. The Balaban J connectivity index is 2.65. The Kier molecular flexibility index (Phi) is 3.55. The van der Waals surface area contributed by atoms with Crippen molar-refractivity contribution in [1.82, 2.24) is 0 Å². The molecule has 1 rings (SSSR count). The molecule has 0 amide bonds. The van der Waals surface area contributed by atoms with E-state index in [1.165, 1.54) is 12.1 Å². The van der Waals surface area contributed by atoms with Crippen LogP contribution in [-0.4, -0.2) is 12.8 Å². The van der Waals surface area contributed by atoms with Gasteiger partial charge < -0.3 is 12.9 Å². The van der Waals surface area contributed by atoms with Gasteiger partial charge in [-0.05, 0) is 6.42 Å². The topological polar surface area (TPSA) is 17.1 Å². The van der Waals surface area contributed by atoms with E-state index in [0.717, 1.165) is 6.92 Å². The summed E-state index contributed by atoms with van der Waals surface area (Å²) in [5.41, 5.74) is 0.337. The van der Waals surface area contributed by atoms with Crippen LogP contribution in [0.2, 0.25) is 5.82 Å². The number of carbonyl (C=O) groups is 1. The van der Waals surface area contributed by atoms with Gasteiger partial charge in [0.1, 0.15) is 0 Å². The lowest BCUT2D eigenvalue weighted by Gasteiger charge is -2.21. The summed E-state index contributed by atoms with van der Waals surface area (Å²) >= 11 is 0. The molecule has 1 atom stereocenters. The lowest BCUT2D eigenvalue weighted by Crippen LogP contribution is -2.24. The van der Waals surface area contributed by atoms with Gasteiger partial charge in [0.25, 0.3) is 0 Å². The molecule has 1 nitrogen and oxygen atoms in total. The van der Waals surface area contributed by atoms with Gasteiger partial charge in [-0.25, -0.2) is 0 Å². The molecule has 0 bridgehead atoms. The average molecular weight is 215 g/mol. The molecule has 0 heterocycles. The third kappa shape index (κ3) is 3.42. The molecule has 5 heteroatoms. The molecule has 15 heavy (non-hydrogen) atoms. The standard InChI is InChI=1S/C10H11BF3O/c1-8(11(12,13)14)7-10(15)9-5-3-2-4-6-9/h2-6,8H,7H2,1H3/q-1/t8-/m1/s1. The Hall–Kier alpha value is -1.26. The first-order valence-corrected chi connectivity index (χ1v) is 4.69. The molecule has 0 saturated carbocycles. The molecule has 0 saturated heterocycles. The summed E-state index contributed by atoms with van der Waals surface area (Å²) in [5, 5.41) is 0. The number of halogens is 3. The molecule has 1 aromatic carbocycles. The zero-order chi connectivity index (χ0) is 11.5. The summed E-state index contributed by atoms with van der Waals surface area (Å²) in [7, 11) is 0. The first-order chi connectivity index (χ1) is 6.91. The van der Waals surface area contributed by atoms with Crippen LogP contribution in [0.25, 0.3) is 0 Å². The molecule has 82 valence electrons. The van der Waals surface area contributed by atoms with Crippen LogP contribution in [0.1, 0.15) is 23.7 Å². The van der Waals surface area contributed by atoms with Crippen molar-refractivity contribution in [3.8, 4) is 0 Å². The van der Waals surface area contributed by atoms with Gasteiger partial charge >= 0.3 is 6.98 Å². The van der Waals surface area contributed by atoms with Crippen molar-refractivity contribution in [2.75, 3.05) is 0 Å². The van der Waals surface area contributed by atoms with Gasteiger partial charge in [0.15, 0.2) is 5.78 Å². The van der Waals surface area contributed by atoms with E-state index < -0.39 is 25.0 Å². The Morgan fingerprint density at radius 1 is 1.27 bits per heavy atom. The van der Waals surface area contributed by atoms with Crippen LogP contribution >= 0.6 is 0 Å². The molecule has 0 aliphatic carbocycles. The third-order valence-electron chi connectivity index (χ3n) is 2.25. The molecule has 0 N–H and O–H groups in total. The van der Waals surface area contributed by atoms with E-state index in [9.17, 15) is 17.7 Å². The second kappa shape index (κ2) is 4.51. The van der Waals surface area contributed by atoms with Gasteiger partial charge in [-0.2, -0.15) is 0 Å². The van der Waals surface area contributed by atoms with Crippen molar-refractivity contribution in [1.29, 1.82) is 0 Å². The van der Waals surface area contributed by atoms with Crippen LogP contribution in [0.4, 0.5) is 12.9 Å². The van der Waals surface area contributed by atoms with Crippen molar-refractivity contribution < 1.29 is 17.7 Å². The lowest BCUT2D eigenvalue weighted by atomic mass is 9.71. The first-order valence-electron chi connectivity index (χ1n) is 4.69. The smallest absolute Gasteiger partial charge is 0.449 e. The Morgan fingerprint density at radius 2 is 1.80 bits per heavy atom. The van der Waals surface area contributed by atoms with Crippen molar-refractivity contribution in [2.24, 2.45) is 0 Å². The molecule has 0 radical (unpaired) electrons. The molecule has 0 aromatic heterocycles. The van der Waals surface area contributed by atoms with E-state index in [1.807, 2.05) is 0 Å². The van der Waals surface area contributed by atoms with Crippen LogP contribution in [-0.2, 0) is 0 Å². The van der Waals surface area contributed by atoms with E-state index in [-0.39, 0.29) is 0 Å². The number of benzene rings is 1. The molecular formula is C10H11BF3O-. The predicted octanol–water partition coefficient (Wildman–Crippen LogP) is 3.50. The van der Waals surface area contributed by atoms with Crippen LogP contribution < -0.4 is 0 Å². The van der Waals surface area contributed by atoms with Gasteiger partial charge in [-0.3, -0.25) is 4.79 Å². The highest BCUT2D eigenvalue weighted by atomic mass is 19.4. The summed E-state index contributed by atoms with van der Waals surface area (Å²) < 4.78 is 36.7. The fraction of sp³-hybridized carbons (Fsp3) is 0.300. The number of ketones is 1. The van der Waals surface area contributed by atoms with Crippen LogP contribution in [0.5, 0.6) is 0 Å². The maximum absolute atomic E-state index is 12.2. The minimum Gasteiger partial charge on any atom is -0.449 e. The maximum Gasteiger partial charge on any atom is 0.481 e. The molecule has 0 aliphatic heterocycles. The summed E-state index contributed by atoms with van der Waals surface area (Å²) in [6.45, 7) is -3.88. The zero-order valence-corrected chi connectivity index (χ0v) is 8.29. The fourth-order valence-corrected chi connectivity index (χ4v) is 1.17. The average Bonchev–Trinajstić information content (AvgIpc) is 2.17. The van der Waals surface area contributed by atoms with E-state index in [4.69, 9.17) is 0 Å². The SMILES string of the molecule is C[C@H](CC(=O)c1ccccc1)[B-](F)(F)F. The number of hydrogen-bond acceptors (Lipinski definition) is 1. The highest BCUT2D eigenvalue weighted by molar-refractivity contribution is 6.60. The lowest BCUT2D eigenvalue weighted by molar-refractivity contribution is 0.0977. The number of carbonyl (C=O) groups excluding carboxylic acids is 1.